The first-order valence-corrected chi connectivity index (χ1v) is 5.85. The van der Waals surface area contributed by atoms with Crippen LogP contribution in [0.1, 0.15) is 12.0 Å². The summed E-state index contributed by atoms with van der Waals surface area (Å²) in [4.78, 5) is 0.0846. The van der Waals surface area contributed by atoms with Gasteiger partial charge in [-0.15, -0.1) is 0 Å². The van der Waals surface area contributed by atoms with Crippen molar-refractivity contribution in [2.24, 2.45) is 0 Å². The molecule has 0 fully saturated rings. The molecule has 0 aromatic heterocycles. The molecule has 0 radical (unpaired) electrons. The second-order valence-electron chi connectivity index (χ2n) is 3.73. The Kier molecular flexibility index (Phi) is 3.28. The van der Waals surface area contributed by atoms with Gasteiger partial charge >= 0.3 is 0 Å². The van der Waals surface area contributed by atoms with Crippen molar-refractivity contribution in [3.05, 3.63) is 53.5 Å². The van der Waals surface area contributed by atoms with Gasteiger partial charge in [0.2, 0.25) is 0 Å². The van der Waals surface area contributed by atoms with E-state index in [4.69, 9.17) is 0 Å². The second kappa shape index (κ2) is 4.56. The molecule has 5 heteroatoms. The SMILES string of the molecule is C=C1NC(c2cc(F)c(F)c(F)c2)=CCC1Br. The van der Waals surface area contributed by atoms with Gasteiger partial charge in [-0.1, -0.05) is 28.6 Å². The topological polar surface area (TPSA) is 12.0 Å². The molecule has 17 heavy (non-hydrogen) atoms. The zero-order valence-electron chi connectivity index (χ0n) is 8.74. The summed E-state index contributed by atoms with van der Waals surface area (Å²) in [6.45, 7) is 3.77. The van der Waals surface area contributed by atoms with Crippen molar-refractivity contribution in [3.63, 3.8) is 0 Å². The number of hydrogen-bond donors (Lipinski definition) is 1. The fourth-order valence-electron chi connectivity index (χ4n) is 1.57. The van der Waals surface area contributed by atoms with Crippen molar-refractivity contribution in [2.75, 3.05) is 0 Å². The predicted molar refractivity (Wildman–Crippen MR) is 63.9 cm³/mol. The lowest BCUT2D eigenvalue weighted by atomic mass is 10.1. The van der Waals surface area contributed by atoms with Gasteiger partial charge in [-0.2, -0.15) is 0 Å². The fraction of sp³-hybridized carbons (Fsp3) is 0.167. The largest absolute Gasteiger partial charge is 0.358 e. The second-order valence-corrected chi connectivity index (χ2v) is 4.83. The Bertz CT molecular complexity index is 487. The zero-order valence-corrected chi connectivity index (χ0v) is 10.3. The van der Waals surface area contributed by atoms with Crippen molar-refractivity contribution >= 4 is 21.6 Å². The summed E-state index contributed by atoms with van der Waals surface area (Å²) in [5, 5.41) is 2.92. The minimum atomic E-state index is -1.46. The highest BCUT2D eigenvalue weighted by molar-refractivity contribution is 9.09. The van der Waals surface area contributed by atoms with E-state index in [1.165, 1.54) is 0 Å². The molecule has 1 aromatic carbocycles. The first-order valence-electron chi connectivity index (χ1n) is 4.94. The van der Waals surface area contributed by atoms with E-state index in [9.17, 15) is 13.2 Å². The van der Waals surface area contributed by atoms with E-state index in [-0.39, 0.29) is 10.4 Å². The van der Waals surface area contributed by atoms with E-state index in [1.807, 2.05) is 0 Å². The molecule has 0 saturated carbocycles. The molecule has 2 rings (SSSR count). The summed E-state index contributed by atoms with van der Waals surface area (Å²) in [6, 6.07) is 1.91. The van der Waals surface area contributed by atoms with Crippen LogP contribution in [-0.4, -0.2) is 4.83 Å². The van der Waals surface area contributed by atoms with Gasteiger partial charge in [-0.05, 0) is 18.6 Å². The maximum atomic E-state index is 13.1. The molecule has 0 saturated heterocycles. The van der Waals surface area contributed by atoms with Crippen LogP contribution in [0.4, 0.5) is 13.2 Å². The Morgan fingerprint density at radius 3 is 2.35 bits per heavy atom. The van der Waals surface area contributed by atoms with Crippen molar-refractivity contribution in [1.29, 1.82) is 0 Å². The molecule has 1 aliphatic rings. The van der Waals surface area contributed by atoms with Crippen LogP contribution in [0.2, 0.25) is 0 Å². The van der Waals surface area contributed by atoms with Gasteiger partial charge in [0, 0.05) is 17.0 Å². The number of allylic oxidation sites excluding steroid dienone is 2. The third-order valence-electron chi connectivity index (χ3n) is 2.50. The lowest BCUT2D eigenvalue weighted by molar-refractivity contribution is 0.446. The van der Waals surface area contributed by atoms with Gasteiger partial charge in [0.05, 0.1) is 4.83 Å². The summed E-state index contributed by atoms with van der Waals surface area (Å²) in [6.07, 6.45) is 2.43. The molecule has 1 N–H and O–H groups in total. The standard InChI is InChI=1S/C12H9BrF3N/c1-6-8(13)2-3-11(17-6)7-4-9(14)12(16)10(15)5-7/h3-5,8,17H,1-2H2. The van der Waals surface area contributed by atoms with Gasteiger partial charge in [0.25, 0.3) is 0 Å². The molecular weight excluding hydrogens is 295 g/mol. The van der Waals surface area contributed by atoms with Gasteiger partial charge in [-0.25, -0.2) is 13.2 Å². The van der Waals surface area contributed by atoms with E-state index in [0.29, 0.717) is 17.8 Å². The van der Waals surface area contributed by atoms with Crippen LogP contribution in [0.5, 0.6) is 0 Å². The molecule has 0 amide bonds. The quantitative estimate of drug-likeness (QED) is 0.616. The van der Waals surface area contributed by atoms with E-state index >= 15 is 0 Å². The third kappa shape index (κ3) is 2.39. The monoisotopic (exact) mass is 303 g/mol. The molecular formula is C12H9BrF3N. The molecule has 1 heterocycles. The number of halogens is 4. The van der Waals surface area contributed by atoms with Gasteiger partial charge in [-0.3, -0.25) is 0 Å². The molecule has 0 spiro atoms. The first-order chi connectivity index (χ1) is 7.99. The van der Waals surface area contributed by atoms with E-state index in [2.05, 4.69) is 27.8 Å². The van der Waals surface area contributed by atoms with Gasteiger partial charge in [0.15, 0.2) is 17.5 Å². The Morgan fingerprint density at radius 1 is 1.24 bits per heavy atom. The predicted octanol–water partition coefficient (Wildman–Crippen LogP) is 3.72. The van der Waals surface area contributed by atoms with Crippen LogP contribution < -0.4 is 5.32 Å². The van der Waals surface area contributed by atoms with Gasteiger partial charge in [0.1, 0.15) is 0 Å². The number of hydrogen-bond acceptors (Lipinski definition) is 1. The molecule has 1 atom stereocenters. The first kappa shape index (κ1) is 12.2. The Balaban J connectivity index is 2.39. The molecule has 1 aromatic rings. The molecule has 0 bridgehead atoms. The van der Waals surface area contributed by atoms with E-state index in [0.717, 1.165) is 12.1 Å². The molecule has 1 unspecified atom stereocenters. The number of rotatable bonds is 1. The minimum absolute atomic E-state index is 0.0846. The maximum absolute atomic E-state index is 13.1. The van der Waals surface area contributed by atoms with Crippen LogP contribution in [0, 0.1) is 17.5 Å². The summed E-state index contributed by atoms with van der Waals surface area (Å²) in [5.74, 6) is -3.86. The molecule has 90 valence electrons. The van der Waals surface area contributed by atoms with Crippen LogP contribution >= 0.6 is 15.9 Å². The number of benzene rings is 1. The maximum Gasteiger partial charge on any atom is 0.194 e. The molecule has 0 aliphatic carbocycles. The lowest BCUT2D eigenvalue weighted by Crippen LogP contribution is -2.22. The Morgan fingerprint density at radius 2 is 1.82 bits per heavy atom. The highest BCUT2D eigenvalue weighted by atomic mass is 79.9. The highest BCUT2D eigenvalue weighted by Gasteiger charge is 2.18. The summed E-state index contributed by atoms with van der Waals surface area (Å²) >= 11 is 3.38. The van der Waals surface area contributed by atoms with Crippen molar-refractivity contribution < 1.29 is 13.2 Å². The Hall–Kier alpha value is -1.23. The normalized spacial score (nSPS) is 19.9. The fourth-order valence-corrected chi connectivity index (χ4v) is 1.87. The summed E-state index contributed by atoms with van der Waals surface area (Å²) in [5.41, 5.74) is 1.50. The van der Waals surface area contributed by atoms with Crippen molar-refractivity contribution in [1.82, 2.24) is 5.32 Å². The van der Waals surface area contributed by atoms with E-state index < -0.39 is 17.5 Å². The molecule has 1 nitrogen and oxygen atoms in total. The zero-order chi connectivity index (χ0) is 12.6. The minimum Gasteiger partial charge on any atom is -0.358 e. The van der Waals surface area contributed by atoms with Gasteiger partial charge < -0.3 is 5.32 Å². The average molecular weight is 304 g/mol. The Labute approximate surface area is 105 Å². The summed E-state index contributed by atoms with van der Waals surface area (Å²) < 4.78 is 38.9. The van der Waals surface area contributed by atoms with Crippen LogP contribution in [0.25, 0.3) is 5.70 Å². The highest BCUT2D eigenvalue weighted by Crippen LogP contribution is 2.26. The lowest BCUT2D eigenvalue weighted by Gasteiger charge is -2.22. The summed E-state index contributed by atoms with van der Waals surface area (Å²) in [7, 11) is 0. The van der Waals surface area contributed by atoms with Crippen LogP contribution in [-0.2, 0) is 0 Å². The van der Waals surface area contributed by atoms with Crippen LogP contribution in [0.3, 0.4) is 0 Å². The molecule has 1 aliphatic heterocycles. The number of alkyl halides is 1. The van der Waals surface area contributed by atoms with Crippen molar-refractivity contribution in [3.8, 4) is 0 Å². The van der Waals surface area contributed by atoms with Crippen molar-refractivity contribution in [2.45, 2.75) is 11.2 Å². The number of nitrogens with one attached hydrogen (secondary N) is 1. The van der Waals surface area contributed by atoms with Crippen LogP contribution in [0.15, 0.2) is 30.5 Å². The smallest absolute Gasteiger partial charge is 0.194 e. The van der Waals surface area contributed by atoms with E-state index in [1.54, 1.807) is 6.08 Å². The average Bonchev–Trinajstić information content (AvgIpc) is 2.29. The third-order valence-corrected chi connectivity index (χ3v) is 3.42.